The maximum absolute atomic E-state index is 12.7. The van der Waals surface area contributed by atoms with Crippen LogP contribution in [-0.2, 0) is 9.53 Å². The van der Waals surface area contributed by atoms with E-state index in [0.29, 0.717) is 28.8 Å². The predicted molar refractivity (Wildman–Crippen MR) is 86.3 cm³/mol. The Kier molecular flexibility index (Phi) is 5.70. The molecular weight excluding hydrogens is 325 g/mol. The van der Waals surface area contributed by atoms with Crippen molar-refractivity contribution in [1.82, 2.24) is 4.90 Å². The van der Waals surface area contributed by atoms with Gasteiger partial charge in [-0.05, 0) is 38.0 Å². The van der Waals surface area contributed by atoms with Crippen molar-refractivity contribution in [3.63, 3.8) is 0 Å². The average Bonchev–Trinajstić information content (AvgIpc) is 3.31. The predicted octanol–water partition coefficient (Wildman–Crippen LogP) is 3.80. The number of carbonyl (C=O) groups is 2. The highest BCUT2D eigenvalue weighted by Crippen LogP contribution is 2.30. The Morgan fingerprint density at radius 2 is 2.00 bits per heavy atom. The summed E-state index contributed by atoms with van der Waals surface area (Å²) >= 11 is 11.9. The van der Waals surface area contributed by atoms with Gasteiger partial charge in [0.1, 0.15) is 0 Å². The molecule has 1 amide bonds. The van der Waals surface area contributed by atoms with Gasteiger partial charge in [0.05, 0.1) is 22.6 Å². The van der Waals surface area contributed by atoms with Gasteiger partial charge in [-0.2, -0.15) is 0 Å². The molecule has 0 bridgehead atoms. The smallest absolute Gasteiger partial charge is 0.310 e. The summed E-state index contributed by atoms with van der Waals surface area (Å²) in [4.78, 5) is 26.2. The van der Waals surface area contributed by atoms with E-state index in [0.717, 1.165) is 12.8 Å². The molecule has 1 aromatic carbocycles. The minimum absolute atomic E-state index is 0.128. The Morgan fingerprint density at radius 3 is 2.55 bits per heavy atom. The van der Waals surface area contributed by atoms with Gasteiger partial charge in [-0.1, -0.05) is 30.1 Å². The number of nitrogens with zero attached hydrogens (tertiary/aromatic N) is 1. The van der Waals surface area contributed by atoms with E-state index in [-0.39, 0.29) is 23.8 Å². The Hall–Kier alpha value is -1.26. The summed E-state index contributed by atoms with van der Waals surface area (Å²) in [6.07, 6.45) is 1.92. The van der Waals surface area contributed by atoms with E-state index < -0.39 is 0 Å². The molecular formula is C16H19Cl2NO3. The topological polar surface area (TPSA) is 46.6 Å². The van der Waals surface area contributed by atoms with Gasteiger partial charge in [0.25, 0.3) is 5.91 Å². The molecule has 22 heavy (non-hydrogen) atoms. The van der Waals surface area contributed by atoms with Crippen LogP contribution in [0.2, 0.25) is 10.0 Å². The molecule has 0 aliphatic heterocycles. The number of carbonyl (C=O) groups excluding carboxylic acids is 2. The van der Waals surface area contributed by atoms with Crippen molar-refractivity contribution in [3.05, 3.63) is 33.8 Å². The van der Waals surface area contributed by atoms with Crippen LogP contribution in [0.3, 0.4) is 0 Å². The normalized spacial score (nSPS) is 15.3. The van der Waals surface area contributed by atoms with Gasteiger partial charge in [-0.15, -0.1) is 0 Å². The first-order valence-corrected chi connectivity index (χ1v) is 8.12. The number of hydrogen-bond donors (Lipinski definition) is 0. The van der Waals surface area contributed by atoms with Gasteiger partial charge in [0.2, 0.25) is 0 Å². The lowest BCUT2D eigenvalue weighted by Crippen LogP contribution is -2.39. The Balaban J connectivity index is 2.12. The lowest BCUT2D eigenvalue weighted by Gasteiger charge is -2.25. The minimum Gasteiger partial charge on any atom is -0.466 e. The first-order valence-electron chi connectivity index (χ1n) is 7.36. The number of esters is 1. The summed E-state index contributed by atoms with van der Waals surface area (Å²) in [6, 6.07) is 5.02. The van der Waals surface area contributed by atoms with Crippen LogP contribution in [0.5, 0.6) is 0 Å². The second-order valence-electron chi connectivity index (χ2n) is 5.47. The fourth-order valence-corrected chi connectivity index (χ4v) is 2.53. The largest absolute Gasteiger partial charge is 0.466 e. The van der Waals surface area contributed by atoms with E-state index in [9.17, 15) is 9.59 Å². The van der Waals surface area contributed by atoms with Crippen LogP contribution in [0, 0.1) is 5.92 Å². The molecule has 1 aliphatic rings. The van der Waals surface area contributed by atoms with Crippen LogP contribution >= 0.6 is 23.2 Å². The van der Waals surface area contributed by atoms with Gasteiger partial charge in [0.15, 0.2) is 0 Å². The molecule has 0 N–H and O–H groups in total. The minimum atomic E-state index is -0.354. The van der Waals surface area contributed by atoms with Crippen LogP contribution in [0.4, 0.5) is 0 Å². The number of halogens is 2. The lowest BCUT2D eigenvalue weighted by molar-refractivity contribution is -0.147. The molecule has 1 aliphatic carbocycles. The number of ether oxygens (including phenoxy) is 1. The maximum atomic E-state index is 12.7. The Morgan fingerprint density at radius 1 is 1.32 bits per heavy atom. The van der Waals surface area contributed by atoms with Crippen molar-refractivity contribution in [2.24, 2.45) is 5.92 Å². The fourth-order valence-electron chi connectivity index (χ4n) is 2.23. The van der Waals surface area contributed by atoms with Gasteiger partial charge < -0.3 is 9.64 Å². The summed E-state index contributed by atoms with van der Waals surface area (Å²) in [7, 11) is 0. The molecule has 0 heterocycles. The monoisotopic (exact) mass is 343 g/mol. The van der Waals surface area contributed by atoms with E-state index in [4.69, 9.17) is 27.9 Å². The standard InChI is InChI=1S/C16H19Cl2NO3/c1-3-22-16(21)10(2)9-19(12-5-6-12)15(20)11-4-7-13(17)14(18)8-11/h4,7-8,10,12H,3,5-6,9H2,1-2H3. The number of benzene rings is 1. The molecule has 6 heteroatoms. The molecule has 0 spiro atoms. The first-order chi connectivity index (χ1) is 10.4. The SMILES string of the molecule is CCOC(=O)C(C)CN(C(=O)c1ccc(Cl)c(Cl)c1)C1CC1. The van der Waals surface area contributed by atoms with Crippen molar-refractivity contribution in [3.8, 4) is 0 Å². The third-order valence-electron chi connectivity index (χ3n) is 3.57. The van der Waals surface area contributed by atoms with E-state index in [1.807, 2.05) is 0 Å². The molecule has 0 saturated heterocycles. The Labute approximate surface area is 140 Å². The second kappa shape index (κ2) is 7.34. The van der Waals surface area contributed by atoms with Crippen molar-refractivity contribution in [2.75, 3.05) is 13.2 Å². The zero-order valence-electron chi connectivity index (χ0n) is 12.6. The third kappa shape index (κ3) is 4.14. The average molecular weight is 344 g/mol. The summed E-state index contributed by atoms with van der Waals surface area (Å²) in [5.41, 5.74) is 0.484. The molecule has 1 aromatic rings. The highest BCUT2D eigenvalue weighted by atomic mass is 35.5. The van der Waals surface area contributed by atoms with Crippen LogP contribution in [-0.4, -0.2) is 36.0 Å². The summed E-state index contributed by atoms with van der Waals surface area (Å²) in [5, 5.41) is 0.762. The fraction of sp³-hybridized carbons (Fsp3) is 0.500. The van der Waals surface area contributed by atoms with Gasteiger partial charge in [-0.25, -0.2) is 0 Å². The van der Waals surface area contributed by atoms with Gasteiger partial charge in [0, 0.05) is 18.2 Å². The summed E-state index contributed by atoms with van der Waals surface area (Å²) in [6.45, 7) is 4.23. The maximum Gasteiger partial charge on any atom is 0.310 e. The molecule has 120 valence electrons. The van der Waals surface area contributed by atoms with E-state index >= 15 is 0 Å². The molecule has 1 atom stereocenters. The third-order valence-corrected chi connectivity index (χ3v) is 4.31. The van der Waals surface area contributed by atoms with Crippen molar-refractivity contribution in [1.29, 1.82) is 0 Å². The second-order valence-corrected chi connectivity index (χ2v) is 6.29. The van der Waals surface area contributed by atoms with Crippen molar-refractivity contribution >= 4 is 35.1 Å². The first kappa shape index (κ1) is 17.1. The van der Waals surface area contributed by atoms with Crippen LogP contribution in [0.25, 0.3) is 0 Å². The zero-order valence-corrected chi connectivity index (χ0v) is 14.2. The van der Waals surface area contributed by atoms with E-state index in [2.05, 4.69) is 0 Å². The van der Waals surface area contributed by atoms with Crippen molar-refractivity contribution < 1.29 is 14.3 Å². The highest BCUT2D eigenvalue weighted by molar-refractivity contribution is 6.42. The van der Waals surface area contributed by atoms with Crippen LogP contribution < -0.4 is 0 Å². The summed E-state index contributed by atoms with van der Waals surface area (Å²) in [5.74, 6) is -0.764. The lowest BCUT2D eigenvalue weighted by atomic mass is 10.1. The molecule has 1 unspecified atom stereocenters. The Bertz CT molecular complexity index is 573. The molecule has 2 rings (SSSR count). The van der Waals surface area contributed by atoms with Gasteiger partial charge in [-0.3, -0.25) is 9.59 Å². The van der Waals surface area contributed by atoms with Crippen molar-refractivity contribution in [2.45, 2.75) is 32.7 Å². The van der Waals surface area contributed by atoms with E-state index in [1.54, 1.807) is 36.9 Å². The molecule has 4 nitrogen and oxygen atoms in total. The number of hydrogen-bond acceptors (Lipinski definition) is 3. The van der Waals surface area contributed by atoms with Crippen LogP contribution in [0.15, 0.2) is 18.2 Å². The molecule has 1 saturated carbocycles. The highest BCUT2D eigenvalue weighted by Gasteiger charge is 2.35. The molecule has 1 fully saturated rings. The number of rotatable bonds is 6. The zero-order chi connectivity index (χ0) is 16.3. The quantitative estimate of drug-likeness (QED) is 0.738. The summed E-state index contributed by atoms with van der Waals surface area (Å²) < 4.78 is 5.01. The number of amides is 1. The van der Waals surface area contributed by atoms with E-state index in [1.165, 1.54) is 0 Å². The van der Waals surface area contributed by atoms with Crippen LogP contribution in [0.1, 0.15) is 37.0 Å². The van der Waals surface area contributed by atoms with Gasteiger partial charge >= 0.3 is 5.97 Å². The molecule has 0 aromatic heterocycles. The molecule has 0 radical (unpaired) electrons.